The van der Waals surface area contributed by atoms with Crippen LogP contribution in [-0.4, -0.2) is 36.7 Å². The third-order valence-corrected chi connectivity index (χ3v) is 7.08. The van der Waals surface area contributed by atoms with Crippen LogP contribution in [0, 0.1) is 0 Å². The molecule has 8 nitrogen and oxygen atoms in total. The molecule has 182 valence electrons. The number of aryl methyl sites for hydroxylation is 1. The summed E-state index contributed by atoms with van der Waals surface area (Å²) < 4.78 is 2.03. The SMILES string of the molecule is Nc1cc(C(CCCc2ccccc2)c2cnn(Cc3ccc4c(c3)CCNC4)c2)c2n[nH]nc2n1. The largest absolute Gasteiger partial charge is 0.384 e. The van der Waals surface area contributed by atoms with Gasteiger partial charge in [0.05, 0.1) is 12.7 Å². The first-order valence-electron chi connectivity index (χ1n) is 12.6. The first-order chi connectivity index (χ1) is 17.7. The van der Waals surface area contributed by atoms with Crippen LogP contribution in [0.1, 0.15) is 52.1 Å². The van der Waals surface area contributed by atoms with Crippen molar-refractivity contribution in [2.75, 3.05) is 12.3 Å². The Balaban J connectivity index is 1.28. The lowest BCUT2D eigenvalue weighted by atomic mass is 9.88. The number of benzene rings is 2. The lowest BCUT2D eigenvalue weighted by molar-refractivity contribution is 0.638. The monoisotopic (exact) mass is 478 g/mol. The van der Waals surface area contributed by atoms with E-state index >= 15 is 0 Å². The molecular weight excluding hydrogens is 448 g/mol. The average molecular weight is 479 g/mol. The number of aromatic amines is 1. The Kier molecular flexibility index (Phi) is 6.17. The maximum atomic E-state index is 6.16. The predicted molar refractivity (Wildman–Crippen MR) is 141 cm³/mol. The van der Waals surface area contributed by atoms with E-state index < -0.39 is 0 Å². The second-order valence-corrected chi connectivity index (χ2v) is 9.56. The number of hydrogen-bond acceptors (Lipinski definition) is 6. The molecule has 0 spiro atoms. The molecule has 4 heterocycles. The van der Waals surface area contributed by atoms with Crippen LogP contribution >= 0.6 is 0 Å². The van der Waals surface area contributed by atoms with Crippen molar-refractivity contribution in [3.8, 4) is 0 Å². The number of hydrogen-bond donors (Lipinski definition) is 3. The summed E-state index contributed by atoms with van der Waals surface area (Å²) in [5.74, 6) is 0.547. The Morgan fingerprint density at radius 3 is 2.83 bits per heavy atom. The fourth-order valence-electron chi connectivity index (χ4n) is 5.26. The molecule has 1 aliphatic heterocycles. The number of nitrogens with two attached hydrogens (primary N) is 1. The van der Waals surface area contributed by atoms with Crippen molar-refractivity contribution in [3.05, 3.63) is 100 Å². The molecule has 0 aliphatic carbocycles. The van der Waals surface area contributed by atoms with E-state index in [0.717, 1.165) is 62.0 Å². The minimum absolute atomic E-state index is 0.0926. The molecule has 2 aromatic carbocycles. The number of pyridine rings is 1. The van der Waals surface area contributed by atoms with E-state index in [1.165, 1.54) is 22.3 Å². The number of nitrogens with one attached hydrogen (secondary N) is 2. The van der Waals surface area contributed by atoms with Crippen molar-refractivity contribution in [2.45, 2.75) is 44.7 Å². The summed E-state index contributed by atoms with van der Waals surface area (Å²) in [6.45, 7) is 2.74. The van der Waals surface area contributed by atoms with Gasteiger partial charge in [0.1, 0.15) is 11.3 Å². The normalized spacial score (nSPS) is 14.1. The van der Waals surface area contributed by atoms with Gasteiger partial charge in [-0.25, -0.2) is 4.98 Å². The standard InChI is InChI=1S/C28H30N8/c29-26-14-25(27-28(32-26)34-35-33-27)24(8-4-7-19-5-2-1-3-6-19)23-16-31-36(18-23)17-20-9-10-22-15-30-12-11-21(22)13-20/h1-3,5-6,9-10,13-14,16,18,24,30H,4,7-8,11-12,15,17H2,(H3,29,32,33,34,35). The van der Waals surface area contributed by atoms with Gasteiger partial charge in [-0.05, 0) is 71.7 Å². The summed E-state index contributed by atoms with van der Waals surface area (Å²) in [6.07, 6.45) is 8.21. The fraction of sp³-hybridized carbons (Fsp3) is 0.286. The van der Waals surface area contributed by atoms with Crippen molar-refractivity contribution in [1.82, 2.24) is 35.5 Å². The van der Waals surface area contributed by atoms with E-state index in [2.05, 4.69) is 80.4 Å². The summed E-state index contributed by atoms with van der Waals surface area (Å²) in [5.41, 5.74) is 15.1. The highest BCUT2D eigenvalue weighted by Crippen LogP contribution is 2.34. The first kappa shape index (κ1) is 22.4. The van der Waals surface area contributed by atoms with E-state index in [-0.39, 0.29) is 5.92 Å². The Hall–Kier alpha value is -4.04. The highest BCUT2D eigenvalue weighted by molar-refractivity contribution is 5.77. The highest BCUT2D eigenvalue weighted by Gasteiger charge is 2.22. The first-order valence-corrected chi connectivity index (χ1v) is 12.6. The fourth-order valence-corrected chi connectivity index (χ4v) is 5.26. The van der Waals surface area contributed by atoms with Crippen molar-refractivity contribution in [3.63, 3.8) is 0 Å². The highest BCUT2D eigenvalue weighted by atomic mass is 15.3. The zero-order valence-electron chi connectivity index (χ0n) is 20.2. The zero-order chi connectivity index (χ0) is 24.3. The van der Waals surface area contributed by atoms with Crippen molar-refractivity contribution in [2.24, 2.45) is 0 Å². The molecule has 1 unspecified atom stereocenters. The molecule has 0 saturated carbocycles. The molecule has 0 amide bonds. The lowest BCUT2D eigenvalue weighted by Crippen LogP contribution is -2.23. The molecule has 8 heteroatoms. The summed E-state index contributed by atoms with van der Waals surface area (Å²) in [5, 5.41) is 19.5. The van der Waals surface area contributed by atoms with Gasteiger partial charge in [0.2, 0.25) is 5.65 Å². The maximum Gasteiger partial charge on any atom is 0.203 e. The molecule has 1 aliphatic rings. The lowest BCUT2D eigenvalue weighted by Gasteiger charge is -2.18. The van der Waals surface area contributed by atoms with Crippen molar-refractivity contribution >= 4 is 17.0 Å². The Bertz CT molecular complexity index is 1470. The molecule has 4 N–H and O–H groups in total. The molecule has 1 atom stereocenters. The number of nitrogens with zero attached hydrogens (tertiary/aromatic N) is 5. The second kappa shape index (κ2) is 9.91. The van der Waals surface area contributed by atoms with Gasteiger partial charge in [-0.2, -0.15) is 15.4 Å². The number of fused-ring (bicyclic) bond motifs is 2. The number of aromatic nitrogens is 6. The van der Waals surface area contributed by atoms with Gasteiger partial charge in [-0.15, -0.1) is 5.10 Å². The zero-order valence-corrected chi connectivity index (χ0v) is 20.2. The molecule has 5 aromatic rings. The van der Waals surface area contributed by atoms with Gasteiger partial charge in [0, 0.05) is 18.7 Å². The van der Waals surface area contributed by atoms with Crippen molar-refractivity contribution < 1.29 is 0 Å². The van der Waals surface area contributed by atoms with Crippen LogP contribution in [-0.2, 0) is 25.9 Å². The van der Waals surface area contributed by atoms with Crippen LogP contribution in [0.4, 0.5) is 5.82 Å². The number of rotatable bonds is 8. The van der Waals surface area contributed by atoms with E-state index in [1.807, 2.05) is 16.9 Å². The van der Waals surface area contributed by atoms with Crippen LogP contribution in [0.2, 0.25) is 0 Å². The van der Waals surface area contributed by atoms with E-state index in [9.17, 15) is 0 Å². The number of anilines is 1. The Labute approximate surface area is 210 Å². The van der Waals surface area contributed by atoms with Crippen LogP contribution < -0.4 is 11.1 Å². The number of H-pyrrole nitrogens is 1. The van der Waals surface area contributed by atoms with E-state index in [0.29, 0.717) is 11.5 Å². The third kappa shape index (κ3) is 4.72. The molecule has 3 aromatic heterocycles. The minimum Gasteiger partial charge on any atom is -0.384 e. The molecule has 6 rings (SSSR count). The predicted octanol–water partition coefficient (Wildman–Crippen LogP) is 3.98. The molecule has 0 fully saturated rings. The maximum absolute atomic E-state index is 6.16. The van der Waals surface area contributed by atoms with Crippen LogP contribution in [0.25, 0.3) is 11.2 Å². The third-order valence-electron chi connectivity index (χ3n) is 7.08. The smallest absolute Gasteiger partial charge is 0.203 e. The molecule has 0 bridgehead atoms. The van der Waals surface area contributed by atoms with E-state index in [1.54, 1.807) is 0 Å². The summed E-state index contributed by atoms with van der Waals surface area (Å²) >= 11 is 0. The van der Waals surface area contributed by atoms with Crippen LogP contribution in [0.5, 0.6) is 0 Å². The van der Waals surface area contributed by atoms with E-state index in [4.69, 9.17) is 10.8 Å². The average Bonchev–Trinajstić information content (AvgIpc) is 3.56. The topological polar surface area (TPSA) is 110 Å². The van der Waals surface area contributed by atoms with Gasteiger partial charge < -0.3 is 11.1 Å². The van der Waals surface area contributed by atoms with Gasteiger partial charge in [0.15, 0.2) is 0 Å². The van der Waals surface area contributed by atoms with Gasteiger partial charge >= 0.3 is 0 Å². The Morgan fingerprint density at radius 1 is 1.00 bits per heavy atom. The molecule has 36 heavy (non-hydrogen) atoms. The molecular formula is C28H30N8. The summed E-state index contributed by atoms with van der Waals surface area (Å²) in [4.78, 5) is 4.34. The quantitative estimate of drug-likeness (QED) is 0.311. The van der Waals surface area contributed by atoms with Crippen molar-refractivity contribution in [1.29, 1.82) is 0 Å². The number of nitrogen functional groups attached to an aromatic ring is 1. The molecule has 0 saturated heterocycles. The van der Waals surface area contributed by atoms with Gasteiger partial charge in [-0.1, -0.05) is 48.5 Å². The second-order valence-electron chi connectivity index (χ2n) is 9.56. The van der Waals surface area contributed by atoms with Crippen LogP contribution in [0.3, 0.4) is 0 Å². The summed E-state index contributed by atoms with van der Waals surface area (Å²) in [7, 11) is 0. The van der Waals surface area contributed by atoms with Gasteiger partial charge in [0.25, 0.3) is 0 Å². The Morgan fingerprint density at radius 2 is 1.92 bits per heavy atom. The van der Waals surface area contributed by atoms with Gasteiger partial charge in [-0.3, -0.25) is 4.68 Å². The summed E-state index contributed by atoms with van der Waals surface area (Å²) in [6, 6.07) is 19.3. The minimum atomic E-state index is 0.0926. The molecule has 0 radical (unpaired) electrons. The van der Waals surface area contributed by atoms with Crippen LogP contribution in [0.15, 0.2) is 67.0 Å².